The molecule has 8 heteroatoms. The first-order valence-electron chi connectivity index (χ1n) is 6.92. The molecule has 7 nitrogen and oxygen atoms in total. The SMILES string of the molecule is CCO[Si](CCCOC(=O)C(O)CO)(OCC)OCC. The van der Waals surface area contributed by atoms with E-state index in [1.165, 1.54) is 0 Å². The van der Waals surface area contributed by atoms with Crippen molar-refractivity contribution in [2.24, 2.45) is 0 Å². The van der Waals surface area contributed by atoms with Gasteiger partial charge in [-0.2, -0.15) is 0 Å². The van der Waals surface area contributed by atoms with Gasteiger partial charge in [-0.3, -0.25) is 0 Å². The molecule has 0 heterocycles. The molecule has 0 rings (SSSR count). The Bertz CT molecular complexity index is 245. The fourth-order valence-corrected chi connectivity index (χ4v) is 4.21. The number of esters is 1. The predicted octanol–water partition coefficient (Wildman–Crippen LogP) is 0.321. The summed E-state index contributed by atoms with van der Waals surface area (Å²) in [5.41, 5.74) is 0. The molecule has 0 amide bonds. The van der Waals surface area contributed by atoms with Crippen molar-refractivity contribution in [1.29, 1.82) is 0 Å². The third-order valence-corrected chi connectivity index (χ3v) is 5.56. The largest absolute Gasteiger partial charge is 0.501 e. The van der Waals surface area contributed by atoms with Crippen LogP contribution in [0.2, 0.25) is 6.04 Å². The zero-order valence-electron chi connectivity index (χ0n) is 12.5. The summed E-state index contributed by atoms with van der Waals surface area (Å²) in [7, 11) is -2.71. The number of carbonyl (C=O) groups is 1. The molecule has 1 atom stereocenters. The van der Waals surface area contributed by atoms with Crippen molar-refractivity contribution < 1.29 is 33.0 Å². The average Bonchev–Trinajstić information content (AvgIpc) is 2.43. The molecule has 0 saturated carbocycles. The number of hydrogen-bond acceptors (Lipinski definition) is 7. The highest BCUT2D eigenvalue weighted by molar-refractivity contribution is 6.60. The standard InChI is InChI=1S/C12H26O7Si/c1-4-17-20(18-5-2,19-6-3)9-7-8-16-12(15)11(14)10-13/h11,13-14H,4-10H2,1-3H3. The van der Waals surface area contributed by atoms with E-state index in [1.54, 1.807) is 0 Å². The van der Waals surface area contributed by atoms with Gasteiger partial charge in [0.15, 0.2) is 6.10 Å². The minimum Gasteiger partial charge on any atom is -0.464 e. The van der Waals surface area contributed by atoms with Crippen LogP contribution in [-0.2, 0) is 22.8 Å². The molecule has 0 aromatic rings. The summed E-state index contributed by atoms with van der Waals surface area (Å²) < 4.78 is 21.8. The number of carbonyl (C=O) groups excluding carboxylic acids is 1. The minimum absolute atomic E-state index is 0.123. The van der Waals surface area contributed by atoms with Crippen molar-refractivity contribution >= 4 is 14.8 Å². The van der Waals surface area contributed by atoms with Gasteiger partial charge >= 0.3 is 14.8 Å². The van der Waals surface area contributed by atoms with Crippen LogP contribution in [0.5, 0.6) is 0 Å². The van der Waals surface area contributed by atoms with Crippen LogP contribution in [0, 0.1) is 0 Å². The number of ether oxygens (including phenoxy) is 1. The Morgan fingerprint density at radius 1 is 1.10 bits per heavy atom. The van der Waals surface area contributed by atoms with Gasteiger partial charge in [0.05, 0.1) is 13.2 Å². The van der Waals surface area contributed by atoms with Crippen LogP contribution in [0.3, 0.4) is 0 Å². The predicted molar refractivity (Wildman–Crippen MR) is 74.1 cm³/mol. The van der Waals surface area contributed by atoms with Crippen LogP contribution in [0.15, 0.2) is 0 Å². The topological polar surface area (TPSA) is 94.5 Å². The molecule has 0 radical (unpaired) electrons. The maximum absolute atomic E-state index is 11.2. The van der Waals surface area contributed by atoms with E-state index >= 15 is 0 Å². The Hall–Kier alpha value is -0.513. The molecular formula is C12H26O7Si. The normalized spacial score (nSPS) is 13.2. The first kappa shape index (κ1) is 19.5. The highest BCUT2D eigenvalue weighted by Crippen LogP contribution is 2.18. The zero-order chi connectivity index (χ0) is 15.4. The molecule has 0 spiro atoms. The minimum atomic E-state index is -2.71. The molecule has 20 heavy (non-hydrogen) atoms. The number of rotatable bonds is 12. The lowest BCUT2D eigenvalue weighted by atomic mass is 10.4. The summed E-state index contributed by atoms with van der Waals surface area (Å²) in [5, 5.41) is 17.6. The van der Waals surface area contributed by atoms with Gasteiger partial charge in [-0.15, -0.1) is 0 Å². The van der Waals surface area contributed by atoms with E-state index in [0.717, 1.165) is 0 Å². The maximum Gasteiger partial charge on any atom is 0.501 e. The van der Waals surface area contributed by atoms with Gasteiger partial charge in [0, 0.05) is 25.9 Å². The van der Waals surface area contributed by atoms with Gasteiger partial charge in [-0.25, -0.2) is 4.79 Å². The van der Waals surface area contributed by atoms with Crippen LogP contribution < -0.4 is 0 Å². The van der Waals surface area contributed by atoms with Gasteiger partial charge in [0.1, 0.15) is 0 Å². The monoisotopic (exact) mass is 310 g/mol. The molecule has 0 bridgehead atoms. The molecule has 0 aliphatic heterocycles. The number of aliphatic hydroxyl groups excluding tert-OH is 2. The van der Waals surface area contributed by atoms with E-state index in [-0.39, 0.29) is 6.61 Å². The lowest BCUT2D eigenvalue weighted by Gasteiger charge is -2.28. The first-order chi connectivity index (χ1) is 9.55. The summed E-state index contributed by atoms with van der Waals surface area (Å²) in [6.45, 7) is 6.58. The van der Waals surface area contributed by atoms with E-state index in [2.05, 4.69) is 0 Å². The van der Waals surface area contributed by atoms with Gasteiger partial charge in [-0.1, -0.05) is 0 Å². The number of hydrogen-bond donors (Lipinski definition) is 2. The summed E-state index contributed by atoms with van der Waals surface area (Å²) in [4.78, 5) is 11.2. The Labute approximate surface area is 121 Å². The van der Waals surface area contributed by atoms with Crippen molar-refractivity contribution in [3.05, 3.63) is 0 Å². The van der Waals surface area contributed by atoms with Gasteiger partial charge in [0.25, 0.3) is 0 Å². The molecule has 0 aliphatic rings. The van der Waals surface area contributed by atoms with Gasteiger partial charge < -0.3 is 28.2 Å². The second-order valence-electron chi connectivity index (χ2n) is 3.95. The van der Waals surface area contributed by atoms with E-state index in [1.807, 2.05) is 20.8 Å². The Kier molecular flexibility index (Phi) is 10.9. The van der Waals surface area contributed by atoms with Crippen LogP contribution >= 0.6 is 0 Å². The van der Waals surface area contributed by atoms with Crippen LogP contribution in [0.1, 0.15) is 27.2 Å². The summed E-state index contributed by atoms with van der Waals surface area (Å²) in [5.74, 6) is -0.830. The smallest absolute Gasteiger partial charge is 0.464 e. The average molecular weight is 310 g/mol. The zero-order valence-corrected chi connectivity index (χ0v) is 13.5. The van der Waals surface area contributed by atoms with E-state index in [9.17, 15) is 4.79 Å². The van der Waals surface area contributed by atoms with Crippen molar-refractivity contribution in [2.45, 2.75) is 39.3 Å². The van der Waals surface area contributed by atoms with Crippen molar-refractivity contribution in [3.63, 3.8) is 0 Å². The van der Waals surface area contributed by atoms with Crippen LogP contribution in [-0.4, -0.2) is 64.1 Å². The Balaban J connectivity index is 4.21. The fraction of sp³-hybridized carbons (Fsp3) is 0.917. The summed E-state index contributed by atoms with van der Waals surface area (Å²) in [6, 6.07) is 0.533. The highest BCUT2D eigenvalue weighted by Gasteiger charge is 2.39. The fourth-order valence-electron chi connectivity index (χ4n) is 1.63. The van der Waals surface area contributed by atoms with Gasteiger partial charge in [0.2, 0.25) is 0 Å². The Morgan fingerprint density at radius 3 is 2.00 bits per heavy atom. The third-order valence-electron chi connectivity index (χ3n) is 2.41. The van der Waals surface area contributed by atoms with E-state index in [4.69, 9.17) is 28.2 Å². The number of aliphatic hydroxyl groups is 2. The third kappa shape index (κ3) is 7.32. The van der Waals surface area contributed by atoms with Crippen molar-refractivity contribution in [1.82, 2.24) is 0 Å². The molecule has 0 fully saturated rings. The molecule has 0 saturated heterocycles. The van der Waals surface area contributed by atoms with Crippen LogP contribution in [0.4, 0.5) is 0 Å². The molecular weight excluding hydrogens is 284 g/mol. The molecule has 0 aromatic heterocycles. The molecule has 2 N–H and O–H groups in total. The molecule has 0 aromatic carbocycles. The molecule has 120 valence electrons. The summed E-state index contributed by atoms with van der Waals surface area (Å²) >= 11 is 0. The summed E-state index contributed by atoms with van der Waals surface area (Å²) in [6.07, 6.45) is -0.974. The first-order valence-corrected chi connectivity index (χ1v) is 8.85. The van der Waals surface area contributed by atoms with Crippen LogP contribution in [0.25, 0.3) is 0 Å². The highest BCUT2D eigenvalue weighted by atomic mass is 28.4. The second kappa shape index (κ2) is 11.2. The van der Waals surface area contributed by atoms with Crippen molar-refractivity contribution in [2.75, 3.05) is 33.0 Å². The van der Waals surface area contributed by atoms with E-state index in [0.29, 0.717) is 32.3 Å². The lowest BCUT2D eigenvalue weighted by Crippen LogP contribution is -2.46. The second-order valence-corrected chi connectivity index (χ2v) is 6.68. The quantitative estimate of drug-likeness (QED) is 0.304. The van der Waals surface area contributed by atoms with E-state index < -0.39 is 27.5 Å². The van der Waals surface area contributed by atoms with Crippen molar-refractivity contribution in [3.8, 4) is 0 Å². The van der Waals surface area contributed by atoms with Gasteiger partial charge in [-0.05, 0) is 27.2 Å². The molecule has 1 unspecified atom stereocenters. The maximum atomic E-state index is 11.2. The molecule has 0 aliphatic carbocycles. The Morgan fingerprint density at radius 2 is 1.60 bits per heavy atom. The lowest BCUT2D eigenvalue weighted by molar-refractivity contribution is -0.155.